The van der Waals surface area contributed by atoms with Gasteiger partial charge in [-0.2, -0.15) is 5.26 Å². The van der Waals surface area contributed by atoms with Crippen LogP contribution in [0.5, 0.6) is 0 Å². The van der Waals surface area contributed by atoms with Crippen LogP contribution in [0, 0.1) is 11.3 Å². The van der Waals surface area contributed by atoms with Gasteiger partial charge in [-0.05, 0) is 6.42 Å². The molecule has 1 aromatic heterocycles. The van der Waals surface area contributed by atoms with Crippen LogP contribution in [0.4, 0.5) is 5.82 Å². The minimum Gasteiger partial charge on any atom is -0.354 e. The minimum atomic E-state index is -0.0105. The normalized spacial score (nSPS) is 16.2. The molecule has 2 heterocycles. The fourth-order valence-electron chi connectivity index (χ4n) is 1.54. The Bertz CT molecular complexity index is 422. The summed E-state index contributed by atoms with van der Waals surface area (Å²) < 4.78 is 0. The third-order valence-corrected chi connectivity index (χ3v) is 2.34. The van der Waals surface area contributed by atoms with E-state index in [0.29, 0.717) is 18.9 Å². The van der Waals surface area contributed by atoms with Gasteiger partial charge in [-0.3, -0.25) is 4.79 Å². The van der Waals surface area contributed by atoms with Crippen molar-refractivity contribution in [1.82, 2.24) is 15.3 Å². The molecule has 0 atom stereocenters. The summed E-state index contributed by atoms with van der Waals surface area (Å²) in [5.41, 5.74) is 0.281. The first kappa shape index (κ1) is 10.4. The monoisotopic (exact) mass is 217 g/mol. The number of rotatable bonds is 1. The molecule has 6 nitrogen and oxygen atoms in total. The van der Waals surface area contributed by atoms with E-state index in [0.717, 1.165) is 13.0 Å². The van der Waals surface area contributed by atoms with Crippen LogP contribution in [0.2, 0.25) is 0 Å². The number of aromatic nitrogens is 2. The van der Waals surface area contributed by atoms with Crippen LogP contribution in [0.3, 0.4) is 0 Å². The van der Waals surface area contributed by atoms with Gasteiger partial charge in [0.15, 0.2) is 5.69 Å². The van der Waals surface area contributed by atoms with E-state index in [1.807, 2.05) is 11.0 Å². The molecule has 0 aliphatic carbocycles. The molecule has 0 saturated carbocycles. The van der Waals surface area contributed by atoms with Gasteiger partial charge < -0.3 is 10.2 Å². The van der Waals surface area contributed by atoms with E-state index in [-0.39, 0.29) is 11.6 Å². The molecule has 6 heteroatoms. The molecular formula is C10H11N5O. The topological polar surface area (TPSA) is 81.9 Å². The average molecular weight is 217 g/mol. The Balaban J connectivity index is 2.16. The van der Waals surface area contributed by atoms with Crippen LogP contribution >= 0.6 is 0 Å². The zero-order valence-electron chi connectivity index (χ0n) is 8.68. The zero-order chi connectivity index (χ0) is 11.4. The van der Waals surface area contributed by atoms with Crippen LogP contribution in [-0.4, -0.2) is 35.5 Å². The maximum absolute atomic E-state index is 11.3. The fraction of sp³-hybridized carbons (Fsp3) is 0.400. The Labute approximate surface area is 92.9 Å². The van der Waals surface area contributed by atoms with Crippen LogP contribution in [-0.2, 0) is 4.79 Å². The molecule has 0 spiro atoms. The Hall–Kier alpha value is -2.16. The number of nitrogens with one attached hydrogen (secondary N) is 1. The van der Waals surface area contributed by atoms with Gasteiger partial charge in [0.05, 0.1) is 18.9 Å². The number of amides is 1. The van der Waals surface area contributed by atoms with Crippen molar-refractivity contribution in [3.05, 3.63) is 18.1 Å². The molecule has 1 aliphatic rings. The summed E-state index contributed by atoms with van der Waals surface area (Å²) in [5.74, 6) is 0.625. The second kappa shape index (κ2) is 4.57. The number of carbonyl (C=O) groups is 1. The van der Waals surface area contributed by atoms with E-state index in [1.54, 1.807) is 0 Å². The molecule has 0 unspecified atom stereocenters. The molecule has 1 aromatic rings. The van der Waals surface area contributed by atoms with Crippen molar-refractivity contribution in [3.8, 4) is 6.07 Å². The molecule has 1 amide bonds. The molecule has 1 saturated heterocycles. The maximum atomic E-state index is 11.3. The third kappa shape index (κ3) is 2.25. The Kier molecular flexibility index (Phi) is 2.96. The lowest BCUT2D eigenvalue weighted by Gasteiger charge is -2.19. The van der Waals surface area contributed by atoms with Crippen LogP contribution < -0.4 is 10.2 Å². The van der Waals surface area contributed by atoms with Gasteiger partial charge in [-0.25, -0.2) is 9.97 Å². The summed E-state index contributed by atoms with van der Waals surface area (Å²) in [6.07, 6.45) is 3.82. The van der Waals surface area contributed by atoms with Crippen molar-refractivity contribution < 1.29 is 4.79 Å². The first-order chi connectivity index (χ1) is 7.79. The van der Waals surface area contributed by atoms with Crippen molar-refractivity contribution in [2.45, 2.75) is 6.42 Å². The lowest BCUT2D eigenvalue weighted by Crippen LogP contribution is -2.33. The van der Waals surface area contributed by atoms with E-state index in [1.165, 1.54) is 12.4 Å². The summed E-state index contributed by atoms with van der Waals surface area (Å²) in [4.78, 5) is 21.2. The summed E-state index contributed by atoms with van der Waals surface area (Å²) >= 11 is 0. The van der Waals surface area contributed by atoms with E-state index in [2.05, 4.69) is 15.3 Å². The highest BCUT2D eigenvalue weighted by atomic mass is 16.2. The van der Waals surface area contributed by atoms with Crippen molar-refractivity contribution in [3.63, 3.8) is 0 Å². The molecule has 0 aromatic carbocycles. The van der Waals surface area contributed by atoms with Gasteiger partial charge >= 0.3 is 0 Å². The van der Waals surface area contributed by atoms with E-state index >= 15 is 0 Å². The van der Waals surface area contributed by atoms with Crippen molar-refractivity contribution in [1.29, 1.82) is 5.26 Å². The van der Waals surface area contributed by atoms with E-state index in [9.17, 15) is 4.79 Å². The minimum absolute atomic E-state index is 0.0105. The van der Waals surface area contributed by atoms with Gasteiger partial charge in [0.25, 0.3) is 0 Å². The van der Waals surface area contributed by atoms with Crippen molar-refractivity contribution >= 4 is 11.7 Å². The van der Waals surface area contributed by atoms with Gasteiger partial charge in [0.1, 0.15) is 11.9 Å². The predicted molar refractivity (Wildman–Crippen MR) is 56.6 cm³/mol. The third-order valence-electron chi connectivity index (χ3n) is 2.34. The first-order valence-electron chi connectivity index (χ1n) is 5.03. The molecule has 1 aliphatic heterocycles. The standard InChI is InChI=1S/C10H11N5O/c11-4-8-5-14-9(6-13-8)15-3-1-2-12-10(16)7-15/h5-6H,1-3,7H2,(H,12,16). The fourth-order valence-corrected chi connectivity index (χ4v) is 1.54. The predicted octanol–water partition coefficient (Wildman–Crippen LogP) is -0.325. The van der Waals surface area contributed by atoms with Gasteiger partial charge in [0.2, 0.25) is 5.91 Å². The second-order valence-corrected chi connectivity index (χ2v) is 3.50. The van der Waals surface area contributed by atoms with Gasteiger partial charge in [0, 0.05) is 13.1 Å². The highest BCUT2D eigenvalue weighted by Gasteiger charge is 2.15. The molecule has 16 heavy (non-hydrogen) atoms. The number of nitrogens with zero attached hydrogens (tertiary/aromatic N) is 4. The number of anilines is 1. The summed E-state index contributed by atoms with van der Waals surface area (Å²) in [7, 11) is 0. The van der Waals surface area contributed by atoms with Gasteiger partial charge in [-0.15, -0.1) is 0 Å². The Morgan fingerprint density at radius 1 is 1.44 bits per heavy atom. The largest absolute Gasteiger partial charge is 0.354 e. The summed E-state index contributed by atoms with van der Waals surface area (Å²) in [6, 6.07) is 1.91. The van der Waals surface area contributed by atoms with Crippen molar-refractivity contribution in [2.75, 3.05) is 24.5 Å². The number of hydrogen-bond donors (Lipinski definition) is 1. The van der Waals surface area contributed by atoms with Gasteiger partial charge in [-0.1, -0.05) is 0 Å². The Morgan fingerprint density at radius 3 is 3.00 bits per heavy atom. The SMILES string of the molecule is N#Cc1cnc(N2CCCNC(=O)C2)cn1. The molecular weight excluding hydrogens is 206 g/mol. The number of nitriles is 1. The molecule has 2 rings (SSSR count). The second-order valence-electron chi connectivity index (χ2n) is 3.50. The van der Waals surface area contributed by atoms with Crippen LogP contribution in [0.15, 0.2) is 12.4 Å². The van der Waals surface area contributed by atoms with Crippen molar-refractivity contribution in [2.24, 2.45) is 0 Å². The van der Waals surface area contributed by atoms with E-state index < -0.39 is 0 Å². The van der Waals surface area contributed by atoms with Crippen LogP contribution in [0.1, 0.15) is 12.1 Å². The molecule has 0 bridgehead atoms. The molecule has 1 fully saturated rings. The quantitative estimate of drug-likeness (QED) is 0.696. The van der Waals surface area contributed by atoms with E-state index in [4.69, 9.17) is 5.26 Å². The first-order valence-corrected chi connectivity index (χ1v) is 5.03. The molecule has 82 valence electrons. The average Bonchev–Trinajstić information content (AvgIpc) is 2.54. The highest BCUT2D eigenvalue weighted by molar-refractivity contribution is 5.81. The summed E-state index contributed by atoms with van der Waals surface area (Å²) in [5, 5.41) is 11.4. The smallest absolute Gasteiger partial charge is 0.239 e. The Morgan fingerprint density at radius 2 is 2.31 bits per heavy atom. The number of hydrogen-bond acceptors (Lipinski definition) is 5. The lowest BCUT2D eigenvalue weighted by atomic mass is 10.4. The summed E-state index contributed by atoms with van der Waals surface area (Å²) in [6.45, 7) is 1.75. The highest BCUT2D eigenvalue weighted by Crippen LogP contribution is 2.10. The number of carbonyl (C=O) groups excluding carboxylic acids is 1. The molecule has 1 N–H and O–H groups in total. The maximum Gasteiger partial charge on any atom is 0.239 e. The lowest BCUT2D eigenvalue weighted by molar-refractivity contribution is -0.119. The zero-order valence-corrected chi connectivity index (χ0v) is 8.68. The van der Waals surface area contributed by atoms with Crippen LogP contribution in [0.25, 0.3) is 0 Å². The molecule has 0 radical (unpaired) electrons.